The molecule has 0 spiro atoms. The van der Waals surface area contributed by atoms with Gasteiger partial charge in [0.2, 0.25) is 5.91 Å². The largest absolute Gasteiger partial charge is 0.325 e. The first-order valence-corrected chi connectivity index (χ1v) is 10.8. The lowest BCUT2D eigenvalue weighted by molar-refractivity contribution is -0.123. The van der Waals surface area contributed by atoms with Crippen molar-refractivity contribution in [3.8, 4) is 6.07 Å². The van der Waals surface area contributed by atoms with Crippen LogP contribution in [0.5, 0.6) is 0 Å². The van der Waals surface area contributed by atoms with E-state index in [0.29, 0.717) is 24.7 Å². The molecule has 154 valence electrons. The Kier molecular flexibility index (Phi) is 4.87. The third kappa shape index (κ3) is 3.41. The number of hydrogen-bond acceptors (Lipinski definition) is 6. The van der Waals surface area contributed by atoms with Gasteiger partial charge in [0.15, 0.2) is 0 Å². The Morgan fingerprint density at radius 2 is 1.97 bits per heavy atom. The molecule has 7 heteroatoms. The van der Waals surface area contributed by atoms with Crippen molar-refractivity contribution < 1.29 is 4.79 Å². The minimum atomic E-state index is -0.830. The molecule has 2 aromatic heterocycles. The van der Waals surface area contributed by atoms with Gasteiger partial charge >= 0.3 is 0 Å². The zero-order chi connectivity index (χ0) is 20.6. The number of anilines is 3. The lowest BCUT2D eigenvalue weighted by atomic mass is 9.83. The van der Waals surface area contributed by atoms with Gasteiger partial charge in [0, 0.05) is 30.7 Å². The second-order valence-electron chi connectivity index (χ2n) is 8.59. The molecule has 2 aliphatic heterocycles. The Morgan fingerprint density at radius 3 is 2.67 bits per heavy atom. The summed E-state index contributed by atoms with van der Waals surface area (Å²) in [5, 5.41) is 16.3. The first-order valence-electron chi connectivity index (χ1n) is 10.8. The molecule has 1 aliphatic carbocycles. The van der Waals surface area contributed by atoms with Gasteiger partial charge in [-0.1, -0.05) is 6.07 Å². The fraction of sp³-hybridized carbons (Fsp3) is 0.478. The van der Waals surface area contributed by atoms with E-state index in [0.717, 1.165) is 50.3 Å². The summed E-state index contributed by atoms with van der Waals surface area (Å²) in [5.74, 6) is 2.11. The summed E-state index contributed by atoms with van der Waals surface area (Å²) in [5.41, 5.74) is 1.23. The molecule has 7 nitrogen and oxygen atoms in total. The van der Waals surface area contributed by atoms with Crippen molar-refractivity contribution in [2.24, 2.45) is 11.3 Å². The molecule has 0 unspecified atom stereocenters. The van der Waals surface area contributed by atoms with Crippen LogP contribution >= 0.6 is 0 Å². The quantitative estimate of drug-likeness (QED) is 0.797. The normalized spacial score (nSPS) is 24.6. The summed E-state index contributed by atoms with van der Waals surface area (Å²) in [6.45, 7) is 2.70. The molecule has 3 fully saturated rings. The molecule has 1 amide bonds. The first kappa shape index (κ1) is 19.0. The highest BCUT2D eigenvalue weighted by molar-refractivity contribution is 6.02. The number of hydrogen-bond donors (Lipinski definition) is 2. The SMILES string of the molecule is N#C[C@@]1(C2CC2)CCN(c2ccnc(Nc3ccc(C4CCNCC4)cn3)c2)C1=O. The Balaban J connectivity index is 1.30. The number of piperidine rings is 1. The van der Waals surface area contributed by atoms with Crippen molar-refractivity contribution in [3.63, 3.8) is 0 Å². The van der Waals surface area contributed by atoms with Gasteiger partial charge in [-0.2, -0.15) is 5.26 Å². The van der Waals surface area contributed by atoms with E-state index in [1.807, 2.05) is 24.4 Å². The average molecular weight is 403 g/mol. The lowest BCUT2D eigenvalue weighted by Gasteiger charge is -2.22. The zero-order valence-electron chi connectivity index (χ0n) is 17.0. The highest BCUT2D eigenvalue weighted by Gasteiger charge is 2.56. The third-order valence-corrected chi connectivity index (χ3v) is 6.74. The van der Waals surface area contributed by atoms with E-state index in [4.69, 9.17) is 0 Å². The monoisotopic (exact) mass is 402 g/mol. The first-order chi connectivity index (χ1) is 14.7. The highest BCUT2D eigenvalue weighted by atomic mass is 16.2. The van der Waals surface area contributed by atoms with E-state index in [1.54, 1.807) is 11.1 Å². The van der Waals surface area contributed by atoms with Crippen LogP contribution in [0.25, 0.3) is 0 Å². The molecule has 1 atom stereocenters. The van der Waals surface area contributed by atoms with Crippen LogP contribution in [0.1, 0.15) is 43.6 Å². The smallest absolute Gasteiger partial charge is 0.247 e. The van der Waals surface area contributed by atoms with Crippen LogP contribution in [-0.2, 0) is 4.79 Å². The van der Waals surface area contributed by atoms with Crippen LogP contribution in [0, 0.1) is 22.7 Å². The van der Waals surface area contributed by atoms with E-state index in [2.05, 4.69) is 32.7 Å². The minimum absolute atomic E-state index is 0.0610. The molecule has 4 heterocycles. The van der Waals surface area contributed by atoms with Gasteiger partial charge in [-0.25, -0.2) is 9.97 Å². The number of nitrogens with zero attached hydrogens (tertiary/aromatic N) is 4. The Hall–Kier alpha value is -2.98. The molecule has 0 radical (unpaired) electrons. The molecule has 1 saturated carbocycles. The minimum Gasteiger partial charge on any atom is -0.325 e. The number of nitriles is 1. The maximum atomic E-state index is 13.0. The van der Waals surface area contributed by atoms with Crippen molar-refractivity contribution in [3.05, 3.63) is 42.2 Å². The summed E-state index contributed by atoms with van der Waals surface area (Å²) in [6, 6.07) is 10.2. The Labute approximate surface area is 176 Å². The van der Waals surface area contributed by atoms with Crippen molar-refractivity contribution in [1.82, 2.24) is 15.3 Å². The van der Waals surface area contributed by atoms with E-state index >= 15 is 0 Å². The van der Waals surface area contributed by atoms with Gasteiger partial charge < -0.3 is 15.5 Å². The predicted octanol–water partition coefficient (Wildman–Crippen LogP) is 3.34. The number of aromatic nitrogens is 2. The van der Waals surface area contributed by atoms with Crippen LogP contribution in [0.15, 0.2) is 36.7 Å². The molecule has 0 bridgehead atoms. The van der Waals surface area contributed by atoms with E-state index in [-0.39, 0.29) is 11.8 Å². The van der Waals surface area contributed by atoms with E-state index < -0.39 is 5.41 Å². The maximum absolute atomic E-state index is 13.0. The van der Waals surface area contributed by atoms with Crippen molar-refractivity contribution in [2.45, 2.75) is 38.0 Å². The van der Waals surface area contributed by atoms with E-state index in [9.17, 15) is 10.1 Å². The fourth-order valence-electron chi connectivity index (χ4n) is 4.80. The molecule has 0 aromatic carbocycles. The van der Waals surface area contributed by atoms with Crippen LogP contribution in [0.2, 0.25) is 0 Å². The topological polar surface area (TPSA) is 93.9 Å². The number of rotatable bonds is 5. The standard InChI is InChI=1S/C23H26N6O/c24-15-23(18-2-3-18)8-12-29(22(23)30)19-7-11-26-21(13-19)28-20-4-1-17(14-27-20)16-5-9-25-10-6-16/h1,4,7,11,13-14,16,18,25H,2-3,5-6,8-10,12H2,(H,26,27,28)/t23-/m1/s1. The van der Waals surface area contributed by atoms with Gasteiger partial charge in [0.05, 0.1) is 6.07 Å². The number of carbonyl (C=O) groups excluding carboxylic acids is 1. The van der Waals surface area contributed by atoms with Gasteiger partial charge in [-0.05, 0) is 74.7 Å². The lowest BCUT2D eigenvalue weighted by Crippen LogP contribution is -2.35. The summed E-state index contributed by atoms with van der Waals surface area (Å²) in [7, 11) is 0. The number of carbonyl (C=O) groups is 1. The Morgan fingerprint density at radius 1 is 1.13 bits per heavy atom. The Bertz CT molecular complexity index is 974. The highest BCUT2D eigenvalue weighted by Crippen LogP contribution is 2.51. The van der Waals surface area contributed by atoms with Gasteiger partial charge in [-0.3, -0.25) is 4.79 Å². The van der Waals surface area contributed by atoms with Crippen LogP contribution in [-0.4, -0.2) is 35.5 Å². The number of nitrogens with one attached hydrogen (secondary N) is 2. The predicted molar refractivity (Wildman–Crippen MR) is 114 cm³/mol. The molecule has 5 rings (SSSR count). The van der Waals surface area contributed by atoms with Gasteiger partial charge in [-0.15, -0.1) is 0 Å². The maximum Gasteiger partial charge on any atom is 0.247 e. The van der Waals surface area contributed by atoms with Crippen LogP contribution in [0.4, 0.5) is 17.3 Å². The van der Waals surface area contributed by atoms with Crippen LogP contribution in [0.3, 0.4) is 0 Å². The van der Waals surface area contributed by atoms with Gasteiger partial charge in [0.25, 0.3) is 0 Å². The number of amides is 1. The zero-order valence-corrected chi connectivity index (χ0v) is 17.0. The molecular weight excluding hydrogens is 376 g/mol. The summed E-state index contributed by atoms with van der Waals surface area (Å²) >= 11 is 0. The summed E-state index contributed by atoms with van der Waals surface area (Å²) in [6.07, 6.45) is 8.50. The fourth-order valence-corrected chi connectivity index (χ4v) is 4.80. The van der Waals surface area contributed by atoms with Gasteiger partial charge in [0.1, 0.15) is 17.1 Å². The second kappa shape index (κ2) is 7.69. The molecular formula is C23H26N6O. The summed E-state index contributed by atoms with van der Waals surface area (Å²) in [4.78, 5) is 23.7. The molecule has 2 N–H and O–H groups in total. The van der Waals surface area contributed by atoms with Crippen molar-refractivity contribution in [1.29, 1.82) is 5.26 Å². The van der Waals surface area contributed by atoms with E-state index in [1.165, 1.54) is 5.56 Å². The van der Waals surface area contributed by atoms with Crippen molar-refractivity contribution >= 4 is 23.2 Å². The van der Waals surface area contributed by atoms with Crippen LogP contribution < -0.4 is 15.5 Å². The molecule has 3 aliphatic rings. The summed E-state index contributed by atoms with van der Waals surface area (Å²) < 4.78 is 0. The molecule has 2 aromatic rings. The third-order valence-electron chi connectivity index (χ3n) is 6.74. The average Bonchev–Trinajstić information content (AvgIpc) is 3.59. The second-order valence-corrected chi connectivity index (χ2v) is 8.59. The number of pyridine rings is 2. The molecule has 30 heavy (non-hydrogen) atoms. The molecule has 2 saturated heterocycles. The van der Waals surface area contributed by atoms with Crippen molar-refractivity contribution in [2.75, 3.05) is 29.9 Å².